The number of piperidine rings is 1. The van der Waals surface area contributed by atoms with Crippen molar-refractivity contribution >= 4 is 14.4 Å². The molecule has 2 fully saturated rings. The Kier molecular flexibility index (Phi) is 7.65. The number of likely N-dealkylation sites (tertiary alicyclic amines) is 1. The monoisotopic (exact) mass is 412 g/mol. The fourth-order valence-electron chi connectivity index (χ4n) is 5.74. The van der Waals surface area contributed by atoms with Gasteiger partial charge in [-0.2, -0.15) is 0 Å². The molecule has 6 heteroatoms. The van der Waals surface area contributed by atoms with Crippen molar-refractivity contribution in [2.24, 2.45) is 11.8 Å². The second-order valence-electron chi connectivity index (χ2n) is 10.7. The zero-order valence-electron chi connectivity index (χ0n) is 19.7. The minimum Gasteiger partial charge on any atom is -0.444 e. The smallest absolute Gasteiger partial charge is 0.410 e. The van der Waals surface area contributed by atoms with Gasteiger partial charge in [-0.1, -0.05) is 41.5 Å². The molecule has 1 amide bonds. The summed E-state index contributed by atoms with van der Waals surface area (Å²) >= 11 is 0. The number of hydrogen-bond acceptors (Lipinski definition) is 4. The van der Waals surface area contributed by atoms with E-state index in [9.17, 15) is 4.79 Å². The largest absolute Gasteiger partial charge is 0.444 e. The van der Waals surface area contributed by atoms with E-state index in [1.807, 2.05) is 25.7 Å². The summed E-state index contributed by atoms with van der Waals surface area (Å²) in [5.41, 5.74) is 1.29. The van der Waals surface area contributed by atoms with Crippen LogP contribution in [-0.2, 0) is 9.16 Å². The number of carbonyl (C=O) groups excluding carboxylic acids is 1. The molecule has 0 bridgehead atoms. The maximum Gasteiger partial charge on any atom is 0.410 e. The Morgan fingerprint density at radius 3 is 2.18 bits per heavy atom. The molecule has 2 aliphatic rings. The van der Waals surface area contributed by atoms with Gasteiger partial charge in [0.15, 0.2) is 8.32 Å². The minimum absolute atomic E-state index is 0.172. The van der Waals surface area contributed by atoms with Gasteiger partial charge < -0.3 is 19.4 Å². The van der Waals surface area contributed by atoms with Crippen LogP contribution in [0.1, 0.15) is 68.7 Å². The van der Waals surface area contributed by atoms with Crippen molar-refractivity contribution in [1.82, 2.24) is 10.2 Å². The standard InChI is InChI=1S/C22H44N2O3Si/c1-15(2)28(16(3)4,17(5)6)26-14-18-13-24(21(25)27-22(7,8)9)20-12-23-11-10-19(18)20/h15-20,23H,10-14H2,1-9H3/t18?,19?,20-/m0/s1. The zero-order chi connectivity index (χ0) is 21.3. The number of fused-ring (bicyclic) bond motifs is 1. The third-order valence-electron chi connectivity index (χ3n) is 6.82. The highest BCUT2D eigenvalue weighted by molar-refractivity contribution is 6.77. The Bertz CT molecular complexity index is 509. The molecular weight excluding hydrogens is 368 g/mol. The van der Waals surface area contributed by atoms with Crippen LogP contribution in [0.25, 0.3) is 0 Å². The minimum atomic E-state index is -1.89. The molecule has 2 saturated heterocycles. The molecular formula is C22H44N2O3Si. The van der Waals surface area contributed by atoms with E-state index in [1.165, 1.54) is 0 Å². The van der Waals surface area contributed by atoms with Crippen LogP contribution in [0.2, 0.25) is 16.6 Å². The van der Waals surface area contributed by atoms with E-state index < -0.39 is 13.9 Å². The molecule has 0 spiro atoms. The molecule has 2 rings (SSSR count). The molecule has 164 valence electrons. The molecule has 2 aliphatic heterocycles. The van der Waals surface area contributed by atoms with E-state index in [0.29, 0.717) is 28.5 Å². The lowest BCUT2D eigenvalue weighted by Gasteiger charge is -2.43. The van der Waals surface area contributed by atoms with Crippen molar-refractivity contribution in [1.29, 1.82) is 0 Å². The van der Waals surface area contributed by atoms with Gasteiger partial charge in [-0.05, 0) is 56.3 Å². The van der Waals surface area contributed by atoms with Crippen LogP contribution in [-0.4, -0.2) is 57.2 Å². The summed E-state index contributed by atoms with van der Waals surface area (Å²) in [6.07, 6.45) is 0.936. The predicted molar refractivity (Wildman–Crippen MR) is 118 cm³/mol. The molecule has 28 heavy (non-hydrogen) atoms. The topological polar surface area (TPSA) is 50.8 Å². The van der Waals surface area contributed by atoms with E-state index in [1.54, 1.807) is 0 Å². The van der Waals surface area contributed by atoms with Crippen LogP contribution in [0.4, 0.5) is 4.79 Å². The van der Waals surface area contributed by atoms with Crippen molar-refractivity contribution in [3.8, 4) is 0 Å². The van der Waals surface area contributed by atoms with E-state index in [2.05, 4.69) is 46.9 Å². The van der Waals surface area contributed by atoms with Gasteiger partial charge >= 0.3 is 6.09 Å². The predicted octanol–water partition coefficient (Wildman–Crippen LogP) is 5.02. The quantitative estimate of drug-likeness (QED) is 0.622. The van der Waals surface area contributed by atoms with E-state index >= 15 is 0 Å². The second kappa shape index (κ2) is 9.05. The van der Waals surface area contributed by atoms with Gasteiger partial charge in [-0.3, -0.25) is 0 Å². The van der Waals surface area contributed by atoms with E-state index in [-0.39, 0.29) is 12.1 Å². The van der Waals surface area contributed by atoms with Gasteiger partial charge in [-0.15, -0.1) is 0 Å². The average molecular weight is 413 g/mol. The van der Waals surface area contributed by atoms with Gasteiger partial charge in [-0.25, -0.2) is 4.79 Å². The lowest BCUT2D eigenvalue weighted by molar-refractivity contribution is 0.0194. The average Bonchev–Trinajstić information content (AvgIpc) is 2.92. The molecule has 1 N–H and O–H groups in total. The summed E-state index contributed by atoms with van der Waals surface area (Å²) in [4.78, 5) is 14.8. The van der Waals surface area contributed by atoms with E-state index in [0.717, 1.165) is 32.7 Å². The normalized spacial score (nSPS) is 26.3. The van der Waals surface area contributed by atoms with Gasteiger partial charge in [0.05, 0.1) is 6.04 Å². The Morgan fingerprint density at radius 2 is 1.68 bits per heavy atom. The highest BCUT2D eigenvalue weighted by Crippen LogP contribution is 2.44. The molecule has 0 saturated carbocycles. The number of rotatable bonds is 6. The summed E-state index contributed by atoms with van der Waals surface area (Å²) in [5.74, 6) is 0.912. The molecule has 0 aromatic heterocycles. The van der Waals surface area contributed by atoms with Crippen LogP contribution in [0, 0.1) is 11.8 Å². The van der Waals surface area contributed by atoms with E-state index in [4.69, 9.17) is 9.16 Å². The SMILES string of the molecule is CC(C)[Si](OCC1CN(C(=O)OC(C)(C)C)[C@H]2CNCCC12)(C(C)C)C(C)C. The van der Waals surface area contributed by atoms with Gasteiger partial charge in [0.1, 0.15) is 5.60 Å². The maximum absolute atomic E-state index is 12.8. The number of ether oxygens (including phenoxy) is 1. The number of nitrogens with zero attached hydrogens (tertiary/aromatic N) is 1. The molecule has 2 heterocycles. The number of carbonyl (C=O) groups is 1. The molecule has 0 aliphatic carbocycles. The van der Waals surface area contributed by atoms with Crippen LogP contribution >= 0.6 is 0 Å². The second-order valence-corrected chi connectivity index (χ2v) is 16.2. The number of nitrogens with one attached hydrogen (secondary N) is 1. The Hall–Kier alpha value is -0.593. The van der Waals surface area contributed by atoms with Crippen LogP contribution in [0.15, 0.2) is 0 Å². The van der Waals surface area contributed by atoms with Crippen molar-refractivity contribution in [2.45, 2.75) is 97.0 Å². The molecule has 0 aromatic carbocycles. The number of amides is 1. The van der Waals surface area contributed by atoms with Crippen LogP contribution in [0.5, 0.6) is 0 Å². The zero-order valence-corrected chi connectivity index (χ0v) is 20.7. The third-order valence-corrected chi connectivity index (χ3v) is 12.9. The number of hydrogen-bond donors (Lipinski definition) is 1. The summed E-state index contributed by atoms with van der Waals surface area (Å²) in [7, 11) is -1.89. The lowest BCUT2D eigenvalue weighted by Crippen LogP contribution is -2.50. The summed E-state index contributed by atoms with van der Waals surface area (Å²) < 4.78 is 12.6. The first kappa shape index (κ1) is 23.7. The fraction of sp³-hybridized carbons (Fsp3) is 0.955. The first-order valence-corrected chi connectivity index (χ1v) is 13.4. The van der Waals surface area contributed by atoms with Gasteiger partial charge in [0.2, 0.25) is 0 Å². The van der Waals surface area contributed by atoms with Gasteiger partial charge in [0, 0.05) is 25.6 Å². The molecule has 5 nitrogen and oxygen atoms in total. The van der Waals surface area contributed by atoms with Crippen molar-refractivity contribution in [2.75, 3.05) is 26.2 Å². The molecule has 0 radical (unpaired) electrons. The molecule has 0 aromatic rings. The Balaban J connectivity index is 2.15. The van der Waals surface area contributed by atoms with Crippen LogP contribution < -0.4 is 5.32 Å². The third kappa shape index (κ3) is 4.93. The summed E-state index contributed by atoms with van der Waals surface area (Å²) in [6.45, 7) is 23.2. The highest BCUT2D eigenvalue weighted by Gasteiger charge is 2.49. The highest BCUT2D eigenvalue weighted by atomic mass is 28.4. The fourth-order valence-corrected chi connectivity index (χ4v) is 11.2. The van der Waals surface area contributed by atoms with Gasteiger partial charge in [0.25, 0.3) is 0 Å². The first-order chi connectivity index (χ1) is 12.9. The lowest BCUT2D eigenvalue weighted by atomic mass is 9.86. The van der Waals surface area contributed by atoms with Crippen molar-refractivity contribution in [3.63, 3.8) is 0 Å². The summed E-state index contributed by atoms with van der Waals surface area (Å²) in [5, 5.41) is 3.47. The first-order valence-electron chi connectivity index (χ1n) is 11.2. The summed E-state index contributed by atoms with van der Waals surface area (Å²) in [6, 6.07) is 0.227. The Morgan fingerprint density at radius 1 is 1.11 bits per heavy atom. The molecule has 2 unspecified atom stereocenters. The molecule has 3 atom stereocenters. The van der Waals surface area contributed by atoms with Crippen molar-refractivity contribution in [3.05, 3.63) is 0 Å². The Labute approximate surface area is 174 Å². The maximum atomic E-state index is 12.8. The van der Waals surface area contributed by atoms with Crippen LogP contribution in [0.3, 0.4) is 0 Å². The van der Waals surface area contributed by atoms with Crippen molar-refractivity contribution < 1.29 is 14.0 Å².